The van der Waals surface area contributed by atoms with Gasteiger partial charge in [-0.05, 0) is 19.3 Å². The molecule has 0 spiro atoms. The maximum absolute atomic E-state index is 12.3. The van der Waals surface area contributed by atoms with Gasteiger partial charge in [0.05, 0.1) is 5.01 Å². The number of methoxy groups -OCH3 is 1. The third-order valence-corrected chi connectivity index (χ3v) is 4.37. The van der Waals surface area contributed by atoms with Gasteiger partial charge in [-0.15, -0.1) is 21.5 Å². The summed E-state index contributed by atoms with van der Waals surface area (Å²) in [6.45, 7) is 6.55. The second kappa shape index (κ2) is 7.06. The molecule has 0 radical (unpaired) electrons. The summed E-state index contributed by atoms with van der Waals surface area (Å²) < 4.78 is 4.98. The fourth-order valence-electron chi connectivity index (χ4n) is 1.80. The smallest absolute Gasteiger partial charge is 0.277 e. The number of anilines is 1. The number of rotatable bonds is 6. The third kappa shape index (κ3) is 4.29. The number of thiazole rings is 1. The van der Waals surface area contributed by atoms with Crippen LogP contribution in [0.25, 0.3) is 0 Å². The number of ether oxygens (including phenoxy) is 1. The number of hydrogen-bond donors (Lipinski definition) is 1. The highest BCUT2D eigenvalue weighted by Gasteiger charge is 2.19. The molecule has 0 aliphatic carbocycles. The van der Waals surface area contributed by atoms with Crippen molar-refractivity contribution in [3.63, 3.8) is 0 Å². The number of amides is 1. The predicted molar refractivity (Wildman–Crippen MR) is 84.0 cm³/mol. The molecular formula is C13H18N4O2S2. The molecule has 21 heavy (non-hydrogen) atoms. The zero-order valence-corrected chi connectivity index (χ0v) is 14.1. The minimum absolute atomic E-state index is 0.227. The lowest BCUT2D eigenvalue weighted by molar-refractivity contribution is 0.102. The Balaban J connectivity index is 2.12. The third-order valence-electron chi connectivity index (χ3n) is 2.57. The first-order chi connectivity index (χ1) is 9.99. The molecule has 2 heterocycles. The summed E-state index contributed by atoms with van der Waals surface area (Å²) in [4.78, 5) is 17.7. The standard InChI is InChI=1S/C13H18N4O2S2/c1-7(2)5-9-11(14-8(3)20-9)12(18)15-13-17-16-10(21-13)6-19-4/h7H,5-6H2,1-4H3,(H,15,17,18). The van der Waals surface area contributed by atoms with E-state index in [1.165, 1.54) is 11.3 Å². The quantitative estimate of drug-likeness (QED) is 0.883. The molecule has 0 saturated heterocycles. The Morgan fingerprint density at radius 2 is 2.10 bits per heavy atom. The average Bonchev–Trinajstić information content (AvgIpc) is 2.96. The van der Waals surface area contributed by atoms with Gasteiger partial charge in [-0.2, -0.15) is 0 Å². The molecule has 1 amide bonds. The molecule has 0 aliphatic rings. The van der Waals surface area contributed by atoms with Crippen molar-refractivity contribution in [2.75, 3.05) is 12.4 Å². The molecule has 8 heteroatoms. The van der Waals surface area contributed by atoms with Crippen LogP contribution in [0.5, 0.6) is 0 Å². The number of nitrogens with zero attached hydrogens (tertiary/aromatic N) is 3. The van der Waals surface area contributed by atoms with E-state index in [-0.39, 0.29) is 5.91 Å². The second-order valence-corrected chi connectivity index (χ2v) is 7.34. The van der Waals surface area contributed by atoms with Gasteiger partial charge in [0.2, 0.25) is 5.13 Å². The summed E-state index contributed by atoms with van der Waals surface area (Å²) in [5.74, 6) is 0.251. The highest BCUT2D eigenvalue weighted by atomic mass is 32.1. The van der Waals surface area contributed by atoms with Crippen LogP contribution < -0.4 is 5.32 Å². The van der Waals surface area contributed by atoms with Gasteiger partial charge in [0.1, 0.15) is 17.3 Å². The van der Waals surface area contributed by atoms with Gasteiger partial charge in [0.25, 0.3) is 5.91 Å². The largest absolute Gasteiger partial charge is 0.377 e. The Hall–Kier alpha value is -1.38. The van der Waals surface area contributed by atoms with Crippen molar-refractivity contribution in [3.8, 4) is 0 Å². The molecule has 0 bridgehead atoms. The first-order valence-electron chi connectivity index (χ1n) is 6.58. The molecule has 1 N–H and O–H groups in total. The van der Waals surface area contributed by atoms with Gasteiger partial charge in [-0.25, -0.2) is 4.98 Å². The molecule has 0 fully saturated rings. The summed E-state index contributed by atoms with van der Waals surface area (Å²) in [6, 6.07) is 0. The summed E-state index contributed by atoms with van der Waals surface area (Å²) in [7, 11) is 1.59. The normalized spacial score (nSPS) is 11.1. The van der Waals surface area contributed by atoms with E-state index < -0.39 is 0 Å². The minimum Gasteiger partial charge on any atom is -0.377 e. The Labute approximate surface area is 131 Å². The van der Waals surface area contributed by atoms with Crippen LogP contribution in [0.3, 0.4) is 0 Å². The maximum Gasteiger partial charge on any atom is 0.277 e. The summed E-state index contributed by atoms with van der Waals surface area (Å²) in [5, 5.41) is 12.7. The minimum atomic E-state index is -0.227. The molecule has 0 aromatic carbocycles. The van der Waals surface area contributed by atoms with Gasteiger partial charge in [0.15, 0.2) is 0 Å². The topological polar surface area (TPSA) is 77.0 Å². The Bertz CT molecular complexity index is 621. The molecular weight excluding hydrogens is 308 g/mol. The maximum atomic E-state index is 12.3. The molecule has 2 rings (SSSR count). The van der Waals surface area contributed by atoms with E-state index in [1.807, 2.05) is 6.92 Å². The first kappa shape index (κ1) is 16.0. The molecule has 0 saturated carbocycles. The number of carbonyl (C=O) groups excluding carboxylic acids is 1. The van der Waals surface area contributed by atoms with E-state index in [9.17, 15) is 4.79 Å². The average molecular weight is 326 g/mol. The van der Waals surface area contributed by atoms with E-state index in [0.29, 0.717) is 23.4 Å². The van der Waals surface area contributed by atoms with E-state index >= 15 is 0 Å². The van der Waals surface area contributed by atoms with Crippen molar-refractivity contribution in [1.82, 2.24) is 15.2 Å². The van der Waals surface area contributed by atoms with Crippen molar-refractivity contribution in [3.05, 3.63) is 20.6 Å². The van der Waals surface area contributed by atoms with Crippen molar-refractivity contribution in [1.29, 1.82) is 0 Å². The monoisotopic (exact) mass is 326 g/mol. The van der Waals surface area contributed by atoms with E-state index in [2.05, 4.69) is 34.3 Å². The van der Waals surface area contributed by atoms with Crippen LogP contribution in [0.1, 0.15) is 39.2 Å². The van der Waals surface area contributed by atoms with Gasteiger partial charge in [-0.3, -0.25) is 10.1 Å². The van der Waals surface area contributed by atoms with E-state index in [0.717, 1.165) is 21.3 Å². The summed E-state index contributed by atoms with van der Waals surface area (Å²) >= 11 is 2.87. The Kier molecular flexibility index (Phi) is 5.38. The molecule has 114 valence electrons. The second-order valence-electron chi connectivity index (χ2n) is 4.99. The van der Waals surface area contributed by atoms with Crippen molar-refractivity contribution in [2.24, 2.45) is 5.92 Å². The molecule has 2 aromatic heterocycles. The van der Waals surface area contributed by atoms with E-state index in [1.54, 1.807) is 18.4 Å². The zero-order valence-electron chi connectivity index (χ0n) is 12.5. The Morgan fingerprint density at radius 1 is 1.33 bits per heavy atom. The first-order valence-corrected chi connectivity index (χ1v) is 8.22. The van der Waals surface area contributed by atoms with Crippen LogP contribution in [-0.4, -0.2) is 28.2 Å². The molecule has 0 aliphatic heterocycles. The van der Waals surface area contributed by atoms with Crippen LogP contribution in [0.4, 0.5) is 5.13 Å². The predicted octanol–water partition coefficient (Wildman–Crippen LogP) is 2.90. The van der Waals surface area contributed by atoms with Crippen molar-refractivity contribution < 1.29 is 9.53 Å². The number of nitrogens with one attached hydrogen (secondary N) is 1. The van der Waals surface area contributed by atoms with Crippen molar-refractivity contribution >= 4 is 33.7 Å². The van der Waals surface area contributed by atoms with Gasteiger partial charge in [0, 0.05) is 12.0 Å². The summed E-state index contributed by atoms with van der Waals surface area (Å²) in [6.07, 6.45) is 0.847. The molecule has 0 unspecified atom stereocenters. The fourth-order valence-corrected chi connectivity index (χ4v) is 3.65. The van der Waals surface area contributed by atoms with Gasteiger partial charge >= 0.3 is 0 Å². The lowest BCUT2D eigenvalue weighted by Gasteiger charge is -2.04. The molecule has 0 atom stereocenters. The lowest BCUT2D eigenvalue weighted by atomic mass is 10.1. The van der Waals surface area contributed by atoms with Crippen LogP contribution in [0.2, 0.25) is 0 Å². The molecule has 2 aromatic rings. The van der Waals surface area contributed by atoms with Gasteiger partial charge in [-0.1, -0.05) is 25.2 Å². The van der Waals surface area contributed by atoms with Crippen molar-refractivity contribution in [2.45, 2.75) is 33.8 Å². The van der Waals surface area contributed by atoms with E-state index in [4.69, 9.17) is 4.74 Å². The highest BCUT2D eigenvalue weighted by molar-refractivity contribution is 7.15. The van der Waals surface area contributed by atoms with Crippen LogP contribution in [-0.2, 0) is 17.8 Å². The summed E-state index contributed by atoms with van der Waals surface area (Å²) in [5.41, 5.74) is 0.495. The zero-order chi connectivity index (χ0) is 15.4. The Morgan fingerprint density at radius 3 is 2.76 bits per heavy atom. The highest BCUT2D eigenvalue weighted by Crippen LogP contribution is 2.23. The fraction of sp³-hybridized carbons (Fsp3) is 0.538. The van der Waals surface area contributed by atoms with Crippen LogP contribution >= 0.6 is 22.7 Å². The molecule has 6 nitrogen and oxygen atoms in total. The van der Waals surface area contributed by atoms with Crippen LogP contribution in [0, 0.1) is 12.8 Å². The van der Waals surface area contributed by atoms with Crippen LogP contribution in [0.15, 0.2) is 0 Å². The van der Waals surface area contributed by atoms with Gasteiger partial charge < -0.3 is 4.74 Å². The lowest BCUT2D eigenvalue weighted by Crippen LogP contribution is -2.14. The number of carbonyl (C=O) groups is 1. The SMILES string of the molecule is COCc1nnc(NC(=O)c2nc(C)sc2CC(C)C)s1. The number of aryl methyl sites for hydroxylation is 1. The number of aromatic nitrogens is 3. The number of hydrogen-bond acceptors (Lipinski definition) is 7.